The lowest BCUT2D eigenvalue weighted by Gasteiger charge is -2.13. The zero-order valence-electron chi connectivity index (χ0n) is 10.8. The summed E-state index contributed by atoms with van der Waals surface area (Å²) in [5, 5.41) is 20.6. The molecule has 3 rings (SSSR count). The molecule has 0 bridgehead atoms. The van der Waals surface area contributed by atoms with Gasteiger partial charge in [-0.2, -0.15) is 5.26 Å². The molecule has 0 saturated heterocycles. The number of rotatable bonds is 0. The number of para-hydroxylation sites is 1. The van der Waals surface area contributed by atoms with E-state index in [9.17, 15) is 5.11 Å². The van der Waals surface area contributed by atoms with Gasteiger partial charge in [0.25, 0.3) is 0 Å². The molecule has 4 nitrogen and oxygen atoms in total. The molecule has 0 aliphatic carbocycles. The van der Waals surface area contributed by atoms with Gasteiger partial charge in [0.1, 0.15) is 0 Å². The van der Waals surface area contributed by atoms with E-state index in [1.807, 2.05) is 18.2 Å². The molecule has 0 amide bonds. The minimum absolute atomic E-state index is 0.457. The molecule has 1 aromatic heterocycles. The minimum atomic E-state index is -0.457. The van der Waals surface area contributed by atoms with Crippen LogP contribution in [0.5, 0.6) is 0 Å². The quantitative estimate of drug-likeness (QED) is 0.710. The van der Waals surface area contributed by atoms with Crippen molar-refractivity contribution in [3.05, 3.63) is 35.5 Å². The Kier molecular flexibility index (Phi) is 3.14. The van der Waals surface area contributed by atoms with Crippen LogP contribution in [0.15, 0.2) is 24.3 Å². The predicted octanol–water partition coefficient (Wildman–Crippen LogP) is 2.32. The second kappa shape index (κ2) is 4.94. The second-order valence-electron chi connectivity index (χ2n) is 5.06. The average Bonchev–Trinajstić information content (AvgIpc) is 2.82. The highest BCUT2D eigenvalue weighted by Gasteiger charge is 2.20. The highest BCUT2D eigenvalue weighted by Crippen LogP contribution is 2.30. The molecule has 1 aliphatic rings. The normalized spacial score (nSPS) is 20.2. The third kappa shape index (κ3) is 2.18. The highest BCUT2D eigenvalue weighted by atomic mass is 16.3. The van der Waals surface area contributed by atoms with E-state index in [1.165, 1.54) is 0 Å². The topological polar surface area (TPSA) is 63.1 Å². The lowest BCUT2D eigenvalue weighted by molar-refractivity contribution is 0.158. The molecule has 19 heavy (non-hydrogen) atoms. The number of aliphatic hydroxyl groups is 1. The van der Waals surface area contributed by atoms with Crippen LogP contribution in [-0.2, 0) is 6.42 Å². The van der Waals surface area contributed by atoms with Crippen LogP contribution >= 0.6 is 0 Å². The van der Waals surface area contributed by atoms with Gasteiger partial charge < -0.3 is 15.0 Å². The van der Waals surface area contributed by atoms with Crippen LogP contribution in [0.4, 0.5) is 0 Å². The fourth-order valence-corrected chi connectivity index (χ4v) is 2.85. The Morgan fingerprint density at radius 2 is 2.16 bits per heavy atom. The van der Waals surface area contributed by atoms with Gasteiger partial charge in [-0.15, -0.1) is 0 Å². The van der Waals surface area contributed by atoms with E-state index in [2.05, 4.69) is 17.2 Å². The smallest absolute Gasteiger partial charge is 0.179 e. The molecule has 0 radical (unpaired) electrons. The van der Waals surface area contributed by atoms with Gasteiger partial charge in [-0.3, -0.25) is 0 Å². The Bertz CT molecular complexity index is 626. The predicted molar refractivity (Wildman–Crippen MR) is 73.4 cm³/mol. The number of nitriles is 1. The van der Waals surface area contributed by atoms with Crippen LogP contribution < -0.4 is 0 Å². The van der Waals surface area contributed by atoms with Crippen LogP contribution in [0.2, 0.25) is 0 Å². The van der Waals surface area contributed by atoms with E-state index >= 15 is 0 Å². The molecule has 4 heteroatoms. The van der Waals surface area contributed by atoms with Crippen molar-refractivity contribution >= 4 is 10.9 Å². The summed E-state index contributed by atoms with van der Waals surface area (Å²) in [6.07, 6.45) is 4.09. The monoisotopic (exact) mass is 255 g/mol. The number of aromatic amines is 1. The molecule has 2 aromatic rings. The molecule has 98 valence electrons. The van der Waals surface area contributed by atoms with Crippen molar-refractivity contribution in [2.24, 2.45) is 0 Å². The first-order valence-electron chi connectivity index (χ1n) is 6.72. The van der Waals surface area contributed by atoms with Crippen molar-refractivity contribution in [2.45, 2.75) is 25.4 Å². The summed E-state index contributed by atoms with van der Waals surface area (Å²) in [5.74, 6) is 0. The highest BCUT2D eigenvalue weighted by molar-refractivity contribution is 5.84. The molecule has 1 atom stereocenters. The SMILES string of the molecule is N#CN1CCCC(O)c2[nH]c3ccccc3c2CC1. The summed E-state index contributed by atoms with van der Waals surface area (Å²) in [4.78, 5) is 5.12. The number of benzene rings is 1. The van der Waals surface area contributed by atoms with Crippen LogP contribution in [0, 0.1) is 11.5 Å². The van der Waals surface area contributed by atoms with Crippen molar-refractivity contribution in [3.8, 4) is 6.19 Å². The van der Waals surface area contributed by atoms with Crippen LogP contribution in [-0.4, -0.2) is 28.1 Å². The maximum atomic E-state index is 10.3. The number of hydrogen-bond donors (Lipinski definition) is 2. The summed E-state index contributed by atoms with van der Waals surface area (Å²) < 4.78 is 0. The Morgan fingerprint density at radius 1 is 1.32 bits per heavy atom. The summed E-state index contributed by atoms with van der Waals surface area (Å²) in [6.45, 7) is 1.45. The van der Waals surface area contributed by atoms with Gasteiger partial charge in [0.15, 0.2) is 6.19 Å². The maximum Gasteiger partial charge on any atom is 0.179 e. The third-order valence-electron chi connectivity index (χ3n) is 3.86. The Morgan fingerprint density at radius 3 is 3.00 bits per heavy atom. The summed E-state index contributed by atoms with van der Waals surface area (Å²) in [7, 11) is 0. The molecule has 1 aliphatic heterocycles. The number of aromatic nitrogens is 1. The van der Waals surface area contributed by atoms with Gasteiger partial charge in [0.05, 0.1) is 6.10 Å². The van der Waals surface area contributed by atoms with Crippen LogP contribution in [0.3, 0.4) is 0 Å². The van der Waals surface area contributed by atoms with Gasteiger partial charge in [-0.05, 0) is 30.9 Å². The number of fused-ring (bicyclic) bond motifs is 3. The lowest BCUT2D eigenvalue weighted by Crippen LogP contribution is -2.21. The van der Waals surface area contributed by atoms with Crippen molar-refractivity contribution in [3.63, 3.8) is 0 Å². The number of aliphatic hydroxyl groups excluding tert-OH is 1. The van der Waals surface area contributed by atoms with Crippen molar-refractivity contribution in [2.75, 3.05) is 13.1 Å². The van der Waals surface area contributed by atoms with Crippen molar-refractivity contribution in [1.29, 1.82) is 5.26 Å². The van der Waals surface area contributed by atoms with Crippen molar-refractivity contribution in [1.82, 2.24) is 9.88 Å². The van der Waals surface area contributed by atoms with E-state index in [0.29, 0.717) is 6.42 Å². The number of hydrogen-bond acceptors (Lipinski definition) is 3. The van der Waals surface area contributed by atoms with E-state index in [4.69, 9.17) is 5.26 Å². The first-order valence-corrected chi connectivity index (χ1v) is 6.72. The molecular formula is C15H17N3O. The van der Waals surface area contributed by atoms with Crippen molar-refractivity contribution < 1.29 is 5.11 Å². The van der Waals surface area contributed by atoms with E-state index in [-0.39, 0.29) is 0 Å². The third-order valence-corrected chi connectivity index (χ3v) is 3.86. The molecule has 0 saturated carbocycles. The zero-order chi connectivity index (χ0) is 13.2. The fourth-order valence-electron chi connectivity index (χ4n) is 2.85. The summed E-state index contributed by atoms with van der Waals surface area (Å²) in [6, 6.07) is 8.11. The van der Waals surface area contributed by atoms with Gasteiger partial charge in [-0.25, -0.2) is 0 Å². The molecule has 2 N–H and O–H groups in total. The van der Waals surface area contributed by atoms with Crippen LogP contribution in [0.1, 0.15) is 30.2 Å². The standard InChI is InChI=1S/C15H17N3O/c16-10-18-8-3-6-14(19)15-12(7-9-18)11-4-1-2-5-13(11)17-15/h1-2,4-5,14,17,19H,3,6-9H2. The van der Waals surface area contributed by atoms with Gasteiger partial charge >= 0.3 is 0 Å². The summed E-state index contributed by atoms with van der Waals surface area (Å²) >= 11 is 0. The van der Waals surface area contributed by atoms with Gasteiger partial charge in [0, 0.05) is 29.7 Å². The first-order chi connectivity index (χ1) is 9.29. The number of H-pyrrole nitrogens is 1. The fraction of sp³-hybridized carbons (Fsp3) is 0.400. The summed E-state index contributed by atoms with van der Waals surface area (Å²) in [5.41, 5.74) is 3.15. The molecule has 1 aromatic carbocycles. The van der Waals surface area contributed by atoms with E-state index in [0.717, 1.165) is 48.1 Å². The Labute approximate surface area is 112 Å². The Balaban J connectivity index is 2.06. The zero-order valence-corrected chi connectivity index (χ0v) is 10.8. The second-order valence-corrected chi connectivity index (χ2v) is 5.06. The largest absolute Gasteiger partial charge is 0.387 e. The molecular weight excluding hydrogens is 238 g/mol. The molecule has 0 spiro atoms. The van der Waals surface area contributed by atoms with E-state index < -0.39 is 6.10 Å². The van der Waals surface area contributed by atoms with Crippen LogP contribution in [0.25, 0.3) is 10.9 Å². The Hall–Kier alpha value is -1.99. The minimum Gasteiger partial charge on any atom is -0.387 e. The maximum absolute atomic E-state index is 10.3. The molecule has 2 heterocycles. The first kappa shape index (κ1) is 12.1. The van der Waals surface area contributed by atoms with Gasteiger partial charge in [0.2, 0.25) is 0 Å². The average molecular weight is 255 g/mol. The van der Waals surface area contributed by atoms with E-state index in [1.54, 1.807) is 4.90 Å². The molecule has 0 fully saturated rings. The number of nitrogens with zero attached hydrogens (tertiary/aromatic N) is 2. The lowest BCUT2D eigenvalue weighted by atomic mass is 10.0. The number of nitrogens with one attached hydrogen (secondary N) is 1. The molecule has 1 unspecified atom stereocenters. The van der Waals surface area contributed by atoms with Gasteiger partial charge in [-0.1, -0.05) is 18.2 Å².